The molecular formula is C28H37F4N7O2. The molecule has 4 N–H and O–H groups in total. The average Bonchev–Trinajstić information content (AvgIpc) is 3.48. The van der Waals surface area contributed by atoms with Gasteiger partial charge in [0, 0.05) is 49.0 Å². The van der Waals surface area contributed by atoms with Crippen LogP contribution in [-0.2, 0) is 0 Å². The number of nitrogens with one attached hydrogen (secondary N) is 4. The van der Waals surface area contributed by atoms with Gasteiger partial charge in [-0.15, -0.1) is 0 Å². The van der Waals surface area contributed by atoms with Gasteiger partial charge in [-0.2, -0.15) is 8.78 Å². The summed E-state index contributed by atoms with van der Waals surface area (Å²) in [5, 5.41) is 14.8. The summed E-state index contributed by atoms with van der Waals surface area (Å²) in [6.45, 7) is 7.41. The van der Waals surface area contributed by atoms with E-state index in [0.29, 0.717) is 37.4 Å². The zero-order valence-electron chi connectivity index (χ0n) is 23.9. The third kappa shape index (κ3) is 8.62. The molecule has 0 aliphatic carbocycles. The number of aromatic nitrogens is 3. The predicted octanol–water partition coefficient (Wildman–Crippen LogP) is 5.67. The van der Waals surface area contributed by atoms with E-state index in [4.69, 9.17) is 5.41 Å². The molecule has 0 saturated carbocycles. The van der Waals surface area contributed by atoms with Crippen LogP contribution in [0.2, 0.25) is 0 Å². The van der Waals surface area contributed by atoms with Crippen LogP contribution in [0.4, 0.5) is 23.2 Å². The molecule has 1 aromatic carbocycles. The molecule has 13 heteroatoms. The van der Waals surface area contributed by atoms with Crippen LogP contribution < -0.4 is 15.4 Å². The quantitative estimate of drug-likeness (QED) is 0.140. The van der Waals surface area contributed by atoms with Crippen LogP contribution in [0, 0.1) is 5.41 Å². The van der Waals surface area contributed by atoms with Gasteiger partial charge in [-0.05, 0) is 45.4 Å². The first kappa shape index (κ1) is 31.8. The fraction of sp³-hybridized carbons (Fsp3) is 0.500. The molecule has 2 aromatic heterocycles. The minimum atomic E-state index is -3.05. The zero-order chi connectivity index (χ0) is 30.4. The second-order valence-corrected chi connectivity index (χ2v) is 10.5. The third-order valence-electron chi connectivity index (χ3n) is 6.07. The summed E-state index contributed by atoms with van der Waals surface area (Å²) in [6.07, 6.45) is 3.24. The minimum Gasteiger partial charge on any atom is -0.435 e. The van der Waals surface area contributed by atoms with Crippen molar-refractivity contribution in [1.29, 1.82) is 5.41 Å². The van der Waals surface area contributed by atoms with Gasteiger partial charge < -0.3 is 20.4 Å². The van der Waals surface area contributed by atoms with Gasteiger partial charge in [-0.1, -0.05) is 13.8 Å². The van der Waals surface area contributed by atoms with Crippen molar-refractivity contribution in [3.05, 3.63) is 47.4 Å². The van der Waals surface area contributed by atoms with E-state index in [9.17, 15) is 22.4 Å². The Morgan fingerprint density at radius 1 is 1.24 bits per heavy atom. The number of alkyl halides is 4. The average molecular weight is 580 g/mol. The molecule has 41 heavy (non-hydrogen) atoms. The van der Waals surface area contributed by atoms with E-state index in [0.717, 1.165) is 0 Å². The van der Waals surface area contributed by atoms with Crippen molar-refractivity contribution < 1.29 is 27.1 Å². The number of carbonyl (C=O) groups is 1. The van der Waals surface area contributed by atoms with E-state index in [2.05, 4.69) is 30.3 Å². The van der Waals surface area contributed by atoms with Gasteiger partial charge in [0.25, 0.3) is 11.8 Å². The maximum absolute atomic E-state index is 13.4. The number of halogens is 4. The number of hydrogen-bond donors (Lipinski definition) is 4. The largest absolute Gasteiger partial charge is 0.435 e. The molecular weight excluding hydrogens is 542 g/mol. The van der Waals surface area contributed by atoms with E-state index in [1.54, 1.807) is 4.90 Å². The molecule has 4 rings (SSSR count). The molecule has 1 amide bonds. The first-order valence-corrected chi connectivity index (χ1v) is 13.5. The highest BCUT2D eigenvalue weighted by molar-refractivity contribution is 6.14. The Hall–Kier alpha value is -3.74. The first-order chi connectivity index (χ1) is 19.3. The molecule has 224 valence electrons. The van der Waals surface area contributed by atoms with Crippen LogP contribution >= 0.6 is 0 Å². The monoisotopic (exact) mass is 579 g/mol. The molecule has 0 atom stereocenters. The standard InChI is InChI=1S/C26H31F4N7O2.C2H6/c1-25(2,3)36-23(38)17-12-33-22-21(17)35-19(13-34-22)20(31)16-11-15(39-24(27)28)5-6-18(16)32-8-4-9-37-10-7-26(29,30)14-37;1-2/h5-6,11-13,24,31-32H,4,7-10,14H2,1-3H3,(H,33,34)(H,36,38);1-2H3. The van der Waals surface area contributed by atoms with Crippen molar-refractivity contribution in [2.24, 2.45) is 0 Å². The Balaban J connectivity index is 0.00000226. The molecule has 1 saturated heterocycles. The molecule has 0 radical (unpaired) electrons. The summed E-state index contributed by atoms with van der Waals surface area (Å²) < 4.78 is 57.2. The molecule has 1 aliphatic rings. The van der Waals surface area contributed by atoms with E-state index in [-0.39, 0.29) is 52.7 Å². The molecule has 3 heterocycles. The number of H-pyrrole nitrogens is 1. The summed E-state index contributed by atoms with van der Waals surface area (Å²) in [4.78, 5) is 26.1. The number of anilines is 1. The predicted molar refractivity (Wildman–Crippen MR) is 151 cm³/mol. The summed E-state index contributed by atoms with van der Waals surface area (Å²) in [6, 6.07) is 4.16. The fourth-order valence-electron chi connectivity index (χ4n) is 4.31. The Labute approximate surface area is 236 Å². The van der Waals surface area contributed by atoms with Crippen molar-refractivity contribution in [3.63, 3.8) is 0 Å². The van der Waals surface area contributed by atoms with Crippen molar-refractivity contribution in [2.45, 2.75) is 65.5 Å². The topological polar surface area (TPSA) is 119 Å². The van der Waals surface area contributed by atoms with Crippen LogP contribution in [0.5, 0.6) is 5.75 Å². The maximum Gasteiger partial charge on any atom is 0.387 e. The molecule has 1 aliphatic heterocycles. The number of aromatic amines is 1. The van der Waals surface area contributed by atoms with Gasteiger partial charge in [0.1, 0.15) is 17.0 Å². The van der Waals surface area contributed by atoms with Crippen LogP contribution in [0.1, 0.15) is 69.1 Å². The van der Waals surface area contributed by atoms with Crippen molar-refractivity contribution in [3.8, 4) is 5.75 Å². The molecule has 0 unspecified atom stereocenters. The van der Waals surface area contributed by atoms with Crippen LogP contribution in [0.25, 0.3) is 11.2 Å². The van der Waals surface area contributed by atoms with E-state index < -0.39 is 18.1 Å². The molecule has 3 aromatic rings. The van der Waals surface area contributed by atoms with Gasteiger partial charge in [0.15, 0.2) is 5.65 Å². The lowest BCUT2D eigenvalue weighted by atomic mass is 10.0. The van der Waals surface area contributed by atoms with Gasteiger partial charge in [0.2, 0.25) is 0 Å². The Bertz CT molecular complexity index is 1350. The number of nitrogens with zero attached hydrogens (tertiary/aromatic N) is 3. The third-order valence-corrected chi connectivity index (χ3v) is 6.07. The first-order valence-electron chi connectivity index (χ1n) is 13.5. The number of fused-ring (bicyclic) bond motifs is 1. The maximum atomic E-state index is 13.4. The van der Waals surface area contributed by atoms with Gasteiger partial charge >= 0.3 is 6.61 Å². The Morgan fingerprint density at radius 2 is 1.98 bits per heavy atom. The van der Waals surface area contributed by atoms with Gasteiger partial charge in [-0.25, -0.2) is 18.7 Å². The highest BCUT2D eigenvalue weighted by Gasteiger charge is 2.37. The summed E-state index contributed by atoms with van der Waals surface area (Å²) >= 11 is 0. The number of rotatable bonds is 10. The number of hydrogen-bond acceptors (Lipinski definition) is 7. The normalized spacial score (nSPS) is 15.0. The Kier molecular flexibility index (Phi) is 10.3. The van der Waals surface area contributed by atoms with Crippen LogP contribution in [-0.4, -0.2) is 75.7 Å². The highest BCUT2D eigenvalue weighted by atomic mass is 19.3. The lowest BCUT2D eigenvalue weighted by Gasteiger charge is -2.20. The lowest BCUT2D eigenvalue weighted by Crippen LogP contribution is -2.40. The highest BCUT2D eigenvalue weighted by Crippen LogP contribution is 2.28. The van der Waals surface area contributed by atoms with Gasteiger partial charge in [-0.3, -0.25) is 15.1 Å². The molecule has 9 nitrogen and oxygen atoms in total. The number of carbonyl (C=O) groups excluding carboxylic acids is 1. The second kappa shape index (κ2) is 13.3. The summed E-state index contributed by atoms with van der Waals surface area (Å²) in [5.74, 6) is -3.17. The zero-order valence-corrected chi connectivity index (χ0v) is 23.9. The summed E-state index contributed by atoms with van der Waals surface area (Å²) in [7, 11) is 0. The van der Waals surface area contributed by atoms with Crippen LogP contribution in [0.15, 0.2) is 30.6 Å². The summed E-state index contributed by atoms with van der Waals surface area (Å²) in [5.41, 5.74) is 1.04. The second-order valence-electron chi connectivity index (χ2n) is 10.5. The minimum absolute atomic E-state index is 0.114. The number of benzene rings is 1. The number of likely N-dealkylation sites (tertiary alicyclic amines) is 1. The van der Waals surface area contributed by atoms with Gasteiger partial charge in [0.05, 0.1) is 24.0 Å². The van der Waals surface area contributed by atoms with E-state index in [1.807, 2.05) is 34.6 Å². The fourth-order valence-corrected chi connectivity index (χ4v) is 4.31. The van der Waals surface area contributed by atoms with E-state index >= 15 is 0 Å². The smallest absolute Gasteiger partial charge is 0.387 e. The van der Waals surface area contributed by atoms with E-state index in [1.165, 1.54) is 30.6 Å². The number of ether oxygens (including phenoxy) is 1. The SMILES string of the molecule is CC.CC(C)(C)NC(=O)c1c[nH]c2ncc(C(=N)c3cc(OC(F)F)ccc3NCCCN3CCC(F)(F)C3)nc12. The molecule has 0 spiro atoms. The van der Waals surface area contributed by atoms with Crippen molar-refractivity contribution in [1.82, 2.24) is 25.2 Å². The van der Waals surface area contributed by atoms with Crippen molar-refractivity contribution >= 4 is 28.5 Å². The Morgan fingerprint density at radius 3 is 2.61 bits per heavy atom. The molecule has 0 bridgehead atoms. The van der Waals surface area contributed by atoms with Crippen molar-refractivity contribution in [2.75, 3.05) is 31.5 Å². The number of amides is 1. The molecule has 1 fully saturated rings. The van der Waals surface area contributed by atoms with Crippen LogP contribution in [0.3, 0.4) is 0 Å². The lowest BCUT2D eigenvalue weighted by molar-refractivity contribution is -0.0498.